The van der Waals surface area contributed by atoms with E-state index in [1.54, 1.807) is 0 Å². The molecule has 4 nitrogen and oxygen atoms in total. The third-order valence-electron chi connectivity index (χ3n) is 13.2. The Morgan fingerprint density at radius 2 is 1.41 bits per heavy atom. The van der Waals surface area contributed by atoms with Crippen molar-refractivity contribution < 1.29 is 20.1 Å². The van der Waals surface area contributed by atoms with E-state index < -0.39 is 5.60 Å². The molecule has 0 aromatic heterocycles. The third kappa shape index (κ3) is 3.16. The van der Waals surface area contributed by atoms with Crippen molar-refractivity contribution in [1.82, 2.24) is 0 Å². The summed E-state index contributed by atoms with van der Waals surface area (Å²) in [6.07, 6.45) is 8.71. The molecule has 5 fully saturated rings. The van der Waals surface area contributed by atoms with Crippen LogP contribution in [0, 0.1) is 45.3 Å². The van der Waals surface area contributed by atoms with Crippen LogP contribution in [-0.2, 0) is 4.74 Å². The quantitative estimate of drug-likeness (QED) is 0.477. The van der Waals surface area contributed by atoms with Crippen LogP contribution in [-0.4, -0.2) is 44.8 Å². The molecule has 0 aromatic carbocycles. The molecule has 3 N–H and O–H groups in total. The van der Waals surface area contributed by atoms with E-state index in [-0.39, 0.29) is 51.5 Å². The molecule has 0 bridgehead atoms. The van der Waals surface area contributed by atoms with Crippen molar-refractivity contribution in [1.29, 1.82) is 0 Å². The Balaban J connectivity index is 1.48. The second-order valence-electron chi connectivity index (χ2n) is 15.5. The molecule has 4 unspecified atom stereocenters. The first-order valence-electron chi connectivity index (χ1n) is 14.3. The minimum Gasteiger partial charge on any atom is -0.393 e. The Morgan fingerprint density at radius 3 is 2.03 bits per heavy atom. The van der Waals surface area contributed by atoms with Crippen LogP contribution in [0.15, 0.2) is 0 Å². The lowest BCUT2D eigenvalue weighted by Gasteiger charge is -2.70. The average Bonchev–Trinajstić information content (AvgIpc) is 3.27. The van der Waals surface area contributed by atoms with E-state index >= 15 is 0 Å². The summed E-state index contributed by atoms with van der Waals surface area (Å²) in [4.78, 5) is 0. The summed E-state index contributed by atoms with van der Waals surface area (Å²) in [5, 5.41) is 33.5. The van der Waals surface area contributed by atoms with Crippen LogP contribution < -0.4 is 0 Å². The standard InChI is InChI=1S/C30H52O4/c1-25(2)21-10-15-29(7)24(27(21,5)13-11-22(25)32)20(31)17-19-18(9-14-28(19,29)6)30(8)16-12-23(34-30)26(3,4)33/h18-24,31-33H,9-17H2,1-8H3/t18-,19?,20+,21?,22-,23-,24?,27-,28+,29+,30?/m0/s1. The van der Waals surface area contributed by atoms with Crippen molar-refractivity contribution in [3.8, 4) is 0 Å². The zero-order valence-electron chi connectivity index (χ0n) is 23.2. The van der Waals surface area contributed by atoms with Gasteiger partial charge in [0.1, 0.15) is 0 Å². The van der Waals surface area contributed by atoms with Crippen molar-refractivity contribution in [3.05, 3.63) is 0 Å². The minimum absolute atomic E-state index is 0.0704. The highest BCUT2D eigenvalue weighted by molar-refractivity contribution is 5.20. The first kappa shape index (κ1) is 25.5. The lowest BCUT2D eigenvalue weighted by molar-refractivity contribution is -0.257. The molecule has 1 heterocycles. The fourth-order valence-electron chi connectivity index (χ4n) is 11.2. The van der Waals surface area contributed by atoms with Gasteiger partial charge in [-0.05, 0) is 124 Å². The van der Waals surface area contributed by atoms with E-state index in [2.05, 4.69) is 41.5 Å². The predicted molar refractivity (Wildman–Crippen MR) is 135 cm³/mol. The molecule has 0 radical (unpaired) electrons. The van der Waals surface area contributed by atoms with Crippen LogP contribution >= 0.6 is 0 Å². The highest BCUT2D eigenvalue weighted by Crippen LogP contribution is 2.76. The van der Waals surface area contributed by atoms with Crippen LogP contribution in [0.5, 0.6) is 0 Å². The molecule has 4 saturated carbocycles. The lowest BCUT2D eigenvalue weighted by atomic mass is 9.35. The van der Waals surface area contributed by atoms with Crippen molar-refractivity contribution >= 4 is 0 Å². The number of rotatable bonds is 2. The van der Waals surface area contributed by atoms with E-state index in [0.717, 1.165) is 51.4 Å². The van der Waals surface area contributed by atoms with Gasteiger partial charge in [-0.25, -0.2) is 0 Å². The van der Waals surface area contributed by atoms with Crippen molar-refractivity contribution in [2.45, 2.75) is 143 Å². The first-order chi connectivity index (χ1) is 15.5. The Labute approximate surface area is 208 Å². The summed E-state index contributed by atoms with van der Waals surface area (Å²) in [5.41, 5.74) is -0.766. The molecule has 1 saturated heterocycles. The van der Waals surface area contributed by atoms with Gasteiger partial charge in [-0.2, -0.15) is 0 Å². The van der Waals surface area contributed by atoms with Gasteiger partial charge < -0.3 is 20.1 Å². The van der Waals surface area contributed by atoms with Crippen molar-refractivity contribution in [2.24, 2.45) is 45.3 Å². The van der Waals surface area contributed by atoms with E-state index in [4.69, 9.17) is 4.74 Å². The van der Waals surface area contributed by atoms with E-state index in [9.17, 15) is 15.3 Å². The SMILES string of the molecule is CC(C)(O)[C@@H]1CCC(C)([C@H]2CC[C@]3(C)C2C[C@@H](O)C2[C@@]4(C)CC[C@H](O)C(C)(C)C4CC[C@]23C)O1. The fraction of sp³-hybridized carbons (Fsp3) is 1.00. The van der Waals surface area contributed by atoms with Gasteiger partial charge in [0.05, 0.1) is 29.5 Å². The summed E-state index contributed by atoms with van der Waals surface area (Å²) in [5.74, 6) is 1.63. The van der Waals surface area contributed by atoms with Crippen LogP contribution in [0.1, 0.15) is 113 Å². The molecule has 5 aliphatic rings. The van der Waals surface area contributed by atoms with Crippen molar-refractivity contribution in [3.63, 3.8) is 0 Å². The molecule has 4 aliphatic carbocycles. The number of aliphatic hydroxyl groups excluding tert-OH is 2. The van der Waals surface area contributed by atoms with Gasteiger partial charge in [0, 0.05) is 0 Å². The second-order valence-corrected chi connectivity index (χ2v) is 15.5. The largest absolute Gasteiger partial charge is 0.393 e. The fourth-order valence-corrected chi connectivity index (χ4v) is 11.2. The molecule has 11 atom stereocenters. The van der Waals surface area contributed by atoms with Crippen LogP contribution in [0.2, 0.25) is 0 Å². The number of hydrogen-bond acceptors (Lipinski definition) is 4. The Kier molecular flexibility index (Phi) is 5.59. The molecule has 5 rings (SSSR count). The number of fused-ring (bicyclic) bond motifs is 5. The zero-order chi connectivity index (χ0) is 25.1. The molecule has 196 valence electrons. The van der Waals surface area contributed by atoms with Gasteiger partial charge in [0.15, 0.2) is 0 Å². The van der Waals surface area contributed by atoms with E-state index in [1.807, 2.05) is 13.8 Å². The first-order valence-corrected chi connectivity index (χ1v) is 14.3. The highest BCUT2D eigenvalue weighted by atomic mass is 16.5. The molecule has 0 aromatic rings. The summed E-state index contributed by atoms with van der Waals surface area (Å²) >= 11 is 0. The summed E-state index contributed by atoms with van der Waals surface area (Å²) < 4.78 is 6.68. The van der Waals surface area contributed by atoms with Gasteiger partial charge in [-0.3, -0.25) is 0 Å². The maximum atomic E-state index is 12.0. The van der Waals surface area contributed by atoms with Crippen LogP contribution in [0.3, 0.4) is 0 Å². The van der Waals surface area contributed by atoms with Gasteiger partial charge in [0.25, 0.3) is 0 Å². The topological polar surface area (TPSA) is 69.9 Å². The zero-order valence-corrected chi connectivity index (χ0v) is 23.2. The maximum Gasteiger partial charge on any atom is 0.0865 e. The van der Waals surface area contributed by atoms with Gasteiger partial charge >= 0.3 is 0 Å². The normalized spacial score (nSPS) is 57.1. The van der Waals surface area contributed by atoms with E-state index in [1.165, 1.54) is 6.42 Å². The Morgan fingerprint density at radius 1 is 0.765 bits per heavy atom. The summed E-state index contributed by atoms with van der Waals surface area (Å²) in [6.45, 7) is 18.1. The Bertz CT molecular complexity index is 817. The number of hydrogen-bond donors (Lipinski definition) is 3. The third-order valence-corrected chi connectivity index (χ3v) is 13.2. The number of aliphatic hydroxyl groups is 3. The molecular weight excluding hydrogens is 424 g/mol. The van der Waals surface area contributed by atoms with E-state index in [0.29, 0.717) is 17.8 Å². The lowest BCUT2D eigenvalue weighted by Crippen LogP contribution is -2.67. The maximum absolute atomic E-state index is 12.0. The number of ether oxygens (including phenoxy) is 1. The van der Waals surface area contributed by atoms with Gasteiger partial charge in [0.2, 0.25) is 0 Å². The molecule has 4 heteroatoms. The van der Waals surface area contributed by atoms with Crippen LogP contribution in [0.25, 0.3) is 0 Å². The monoisotopic (exact) mass is 476 g/mol. The smallest absolute Gasteiger partial charge is 0.0865 e. The molecule has 1 aliphatic heterocycles. The Hall–Kier alpha value is -0.160. The van der Waals surface area contributed by atoms with Crippen LogP contribution in [0.4, 0.5) is 0 Å². The molecule has 0 spiro atoms. The minimum atomic E-state index is -0.811. The predicted octanol–water partition coefficient (Wildman–Crippen LogP) is 5.71. The van der Waals surface area contributed by atoms with Gasteiger partial charge in [-0.1, -0.05) is 34.6 Å². The molecular formula is C30H52O4. The van der Waals surface area contributed by atoms with Gasteiger partial charge in [-0.15, -0.1) is 0 Å². The molecule has 34 heavy (non-hydrogen) atoms. The van der Waals surface area contributed by atoms with Crippen molar-refractivity contribution in [2.75, 3.05) is 0 Å². The highest BCUT2D eigenvalue weighted by Gasteiger charge is 2.72. The summed E-state index contributed by atoms with van der Waals surface area (Å²) in [6, 6.07) is 0. The second kappa shape index (κ2) is 7.45. The average molecular weight is 477 g/mol. The summed E-state index contributed by atoms with van der Waals surface area (Å²) in [7, 11) is 0. The molecule has 0 amide bonds.